The summed E-state index contributed by atoms with van der Waals surface area (Å²) in [6, 6.07) is 19.6. The van der Waals surface area contributed by atoms with Crippen LogP contribution in [0.15, 0.2) is 73.1 Å². The predicted molar refractivity (Wildman–Crippen MR) is 106 cm³/mol. The Kier molecular flexibility index (Phi) is 5.73. The highest BCUT2D eigenvalue weighted by atomic mass is 16.5. The third-order valence-electron chi connectivity index (χ3n) is 3.91. The average Bonchev–Trinajstić information content (AvgIpc) is 2.72. The number of nitrogens with zero attached hydrogens (tertiary/aromatic N) is 1. The summed E-state index contributed by atoms with van der Waals surface area (Å²) in [5.74, 6) is -0.323. The summed E-state index contributed by atoms with van der Waals surface area (Å²) in [6.45, 7) is 0. The normalized spacial score (nSPS) is 11.1. The van der Waals surface area contributed by atoms with Gasteiger partial charge in [0.25, 0.3) is 0 Å². The largest absolute Gasteiger partial charge is 0.465 e. The van der Waals surface area contributed by atoms with E-state index >= 15 is 0 Å². The second kappa shape index (κ2) is 8.58. The molecule has 26 heavy (non-hydrogen) atoms. The van der Waals surface area contributed by atoms with Gasteiger partial charge in [0.1, 0.15) is 0 Å². The Labute approximate surface area is 153 Å². The third-order valence-corrected chi connectivity index (χ3v) is 3.91. The molecule has 2 aromatic carbocycles. The van der Waals surface area contributed by atoms with Crippen LogP contribution in [0, 0.1) is 0 Å². The van der Waals surface area contributed by atoms with Crippen LogP contribution in [0.5, 0.6) is 0 Å². The van der Waals surface area contributed by atoms with E-state index in [9.17, 15) is 4.79 Å². The number of hydrogen-bond acceptors (Lipinski definition) is 3. The summed E-state index contributed by atoms with van der Waals surface area (Å²) in [7, 11) is 1.38. The summed E-state index contributed by atoms with van der Waals surface area (Å²) in [4.78, 5) is 15.4. The van der Waals surface area contributed by atoms with Gasteiger partial charge in [-0.05, 0) is 46.5 Å². The van der Waals surface area contributed by atoms with Gasteiger partial charge in [-0.3, -0.25) is 4.98 Å². The van der Waals surface area contributed by atoms with Crippen LogP contribution >= 0.6 is 0 Å². The van der Waals surface area contributed by atoms with E-state index in [2.05, 4.69) is 41.4 Å². The Balaban J connectivity index is 1.64. The molecule has 1 aromatic heterocycles. The molecule has 3 heteroatoms. The zero-order valence-electron chi connectivity index (χ0n) is 14.5. The summed E-state index contributed by atoms with van der Waals surface area (Å²) in [5.41, 5.74) is 4.96. The molecule has 0 saturated heterocycles. The number of carbonyl (C=O) groups excluding carboxylic acids is 1. The standard InChI is InChI=1S/C23H19NO2/c1-26-23(25)22-12-10-20(11-13-22)7-6-18-2-4-19(5-3-18)8-9-21-14-16-24-17-15-21/h2-17H,1H3/b7-6+,9-8+. The topological polar surface area (TPSA) is 39.2 Å². The molecule has 0 spiro atoms. The highest BCUT2D eigenvalue weighted by Crippen LogP contribution is 2.13. The molecule has 0 aliphatic carbocycles. The van der Waals surface area contributed by atoms with Crippen molar-refractivity contribution in [2.24, 2.45) is 0 Å². The molecular formula is C23H19NO2. The molecule has 128 valence electrons. The van der Waals surface area contributed by atoms with Gasteiger partial charge >= 0.3 is 5.97 Å². The molecule has 0 aliphatic heterocycles. The van der Waals surface area contributed by atoms with Crippen molar-refractivity contribution in [2.45, 2.75) is 0 Å². The van der Waals surface area contributed by atoms with Crippen LogP contribution in [0.2, 0.25) is 0 Å². The first kappa shape index (κ1) is 17.4. The lowest BCUT2D eigenvalue weighted by Gasteiger charge is -2.00. The maximum Gasteiger partial charge on any atom is 0.337 e. The molecular weight excluding hydrogens is 322 g/mol. The van der Waals surface area contributed by atoms with E-state index in [0.29, 0.717) is 5.56 Å². The Hall–Kier alpha value is -3.46. The number of hydrogen-bond donors (Lipinski definition) is 0. The second-order valence-electron chi connectivity index (χ2n) is 5.73. The summed E-state index contributed by atoms with van der Waals surface area (Å²) in [6.07, 6.45) is 11.8. The molecule has 1 heterocycles. The van der Waals surface area contributed by atoms with Crippen molar-refractivity contribution in [3.05, 3.63) is 101 Å². The highest BCUT2D eigenvalue weighted by molar-refractivity contribution is 5.89. The van der Waals surface area contributed by atoms with E-state index in [1.807, 2.05) is 36.4 Å². The molecule has 0 aliphatic rings. The quantitative estimate of drug-likeness (QED) is 0.472. The van der Waals surface area contributed by atoms with Gasteiger partial charge in [0.2, 0.25) is 0 Å². The number of benzene rings is 2. The molecule has 0 unspecified atom stereocenters. The molecule has 0 N–H and O–H groups in total. The van der Waals surface area contributed by atoms with Crippen LogP contribution in [0.25, 0.3) is 24.3 Å². The lowest BCUT2D eigenvalue weighted by molar-refractivity contribution is 0.0600. The Morgan fingerprint density at radius 2 is 1.08 bits per heavy atom. The third kappa shape index (κ3) is 4.77. The fourth-order valence-corrected chi connectivity index (χ4v) is 2.43. The van der Waals surface area contributed by atoms with E-state index in [0.717, 1.165) is 22.3 Å². The predicted octanol–water partition coefficient (Wildman–Crippen LogP) is 5.21. The van der Waals surface area contributed by atoms with Crippen LogP contribution in [-0.2, 0) is 4.74 Å². The number of methoxy groups -OCH3 is 1. The molecule has 3 aromatic rings. The number of rotatable bonds is 5. The zero-order chi connectivity index (χ0) is 18.2. The van der Waals surface area contributed by atoms with Crippen molar-refractivity contribution in [3.63, 3.8) is 0 Å². The lowest BCUT2D eigenvalue weighted by Crippen LogP contribution is -2.00. The Bertz CT molecular complexity index is 909. The Morgan fingerprint density at radius 1 is 0.692 bits per heavy atom. The Morgan fingerprint density at radius 3 is 1.50 bits per heavy atom. The van der Waals surface area contributed by atoms with Crippen LogP contribution in [-0.4, -0.2) is 18.1 Å². The molecule has 0 atom stereocenters. The van der Waals surface area contributed by atoms with E-state index in [4.69, 9.17) is 4.74 Å². The average molecular weight is 341 g/mol. The maximum absolute atomic E-state index is 11.4. The molecule has 3 rings (SSSR count). The highest BCUT2D eigenvalue weighted by Gasteiger charge is 2.02. The smallest absolute Gasteiger partial charge is 0.337 e. The number of aromatic nitrogens is 1. The van der Waals surface area contributed by atoms with E-state index in [-0.39, 0.29) is 5.97 Å². The van der Waals surface area contributed by atoms with Crippen molar-refractivity contribution >= 4 is 30.3 Å². The summed E-state index contributed by atoms with van der Waals surface area (Å²) < 4.78 is 4.70. The maximum atomic E-state index is 11.4. The van der Waals surface area contributed by atoms with Crippen LogP contribution < -0.4 is 0 Å². The summed E-state index contributed by atoms with van der Waals surface area (Å²) >= 11 is 0. The van der Waals surface area contributed by atoms with Gasteiger partial charge in [0, 0.05) is 12.4 Å². The molecule has 0 saturated carbocycles. The first-order chi connectivity index (χ1) is 12.7. The van der Waals surface area contributed by atoms with Crippen molar-refractivity contribution in [1.29, 1.82) is 0 Å². The van der Waals surface area contributed by atoms with Gasteiger partial charge in [0.05, 0.1) is 12.7 Å². The minimum atomic E-state index is -0.323. The van der Waals surface area contributed by atoms with Crippen LogP contribution in [0.1, 0.15) is 32.6 Å². The van der Waals surface area contributed by atoms with Crippen LogP contribution in [0.4, 0.5) is 0 Å². The fourth-order valence-electron chi connectivity index (χ4n) is 2.43. The summed E-state index contributed by atoms with van der Waals surface area (Å²) in [5, 5.41) is 0. The van der Waals surface area contributed by atoms with Crippen molar-refractivity contribution < 1.29 is 9.53 Å². The molecule has 0 amide bonds. The minimum absolute atomic E-state index is 0.323. The SMILES string of the molecule is COC(=O)c1ccc(/C=C/c2ccc(/C=C/c3ccncc3)cc2)cc1. The molecule has 0 fully saturated rings. The van der Waals surface area contributed by atoms with E-state index in [1.165, 1.54) is 7.11 Å². The minimum Gasteiger partial charge on any atom is -0.465 e. The molecule has 0 radical (unpaired) electrons. The van der Waals surface area contributed by atoms with Crippen molar-refractivity contribution in [1.82, 2.24) is 4.98 Å². The monoisotopic (exact) mass is 341 g/mol. The number of carbonyl (C=O) groups is 1. The van der Waals surface area contributed by atoms with E-state index in [1.54, 1.807) is 24.5 Å². The van der Waals surface area contributed by atoms with Gasteiger partial charge in [-0.2, -0.15) is 0 Å². The van der Waals surface area contributed by atoms with E-state index < -0.39 is 0 Å². The fraction of sp³-hybridized carbons (Fsp3) is 0.0435. The molecule has 3 nitrogen and oxygen atoms in total. The molecule has 0 bridgehead atoms. The van der Waals surface area contributed by atoms with Gasteiger partial charge in [0.15, 0.2) is 0 Å². The van der Waals surface area contributed by atoms with Gasteiger partial charge in [-0.15, -0.1) is 0 Å². The van der Waals surface area contributed by atoms with Gasteiger partial charge in [-0.25, -0.2) is 4.79 Å². The zero-order valence-corrected chi connectivity index (χ0v) is 14.5. The van der Waals surface area contributed by atoms with Crippen molar-refractivity contribution in [3.8, 4) is 0 Å². The number of ether oxygens (including phenoxy) is 1. The first-order valence-corrected chi connectivity index (χ1v) is 8.29. The number of esters is 1. The number of pyridine rings is 1. The van der Waals surface area contributed by atoms with Crippen LogP contribution in [0.3, 0.4) is 0 Å². The van der Waals surface area contributed by atoms with Gasteiger partial charge < -0.3 is 4.74 Å². The second-order valence-corrected chi connectivity index (χ2v) is 5.73. The van der Waals surface area contributed by atoms with Crippen molar-refractivity contribution in [2.75, 3.05) is 7.11 Å². The lowest BCUT2D eigenvalue weighted by atomic mass is 10.1. The first-order valence-electron chi connectivity index (χ1n) is 8.29. The van der Waals surface area contributed by atoms with Gasteiger partial charge in [-0.1, -0.05) is 60.7 Å².